The normalized spacial score (nSPS) is 13.4. The highest BCUT2D eigenvalue weighted by atomic mass is 16.3. The molecular weight excluding hydrogens is 90.1 g/mol. The van der Waals surface area contributed by atoms with Crippen molar-refractivity contribution in [2.75, 3.05) is 6.54 Å². The molecule has 0 aromatic carbocycles. The van der Waals surface area contributed by atoms with Crippen LogP contribution in [0.15, 0.2) is 12.7 Å². The summed E-state index contributed by atoms with van der Waals surface area (Å²) in [6.07, 6.45) is 0.808. The molecule has 0 aliphatic rings. The van der Waals surface area contributed by atoms with Gasteiger partial charge < -0.3 is 5.11 Å². The summed E-state index contributed by atoms with van der Waals surface area (Å²) in [6, 6.07) is 0. The molecule has 0 rings (SSSR count). The maximum Gasteiger partial charge on any atom is 0.123 e. The van der Waals surface area contributed by atoms with Crippen molar-refractivity contribution in [3.63, 3.8) is 0 Å². The van der Waals surface area contributed by atoms with E-state index in [4.69, 9.17) is 5.11 Å². The Morgan fingerprint density at radius 2 is 2.43 bits per heavy atom. The second-order valence-corrected chi connectivity index (χ2v) is 1.13. The molecule has 1 atom stereocenters. The van der Waals surface area contributed by atoms with Crippen LogP contribution in [0.1, 0.15) is 0 Å². The molecule has 2 nitrogen and oxygen atoms in total. The fraction of sp³-hybridized carbons (Fsp3) is 0.400. The second kappa shape index (κ2) is 3.84. The molecular formula is C5H10NO. The van der Waals surface area contributed by atoms with Gasteiger partial charge in [0, 0.05) is 0 Å². The highest BCUT2D eigenvalue weighted by Crippen LogP contribution is 1.71. The van der Waals surface area contributed by atoms with Gasteiger partial charge in [-0.1, -0.05) is 6.58 Å². The molecule has 1 radical (unpaired) electrons. The number of aliphatic hydroxyl groups excluding tert-OH is 1. The van der Waals surface area contributed by atoms with Gasteiger partial charge in [0.05, 0.1) is 0 Å². The molecule has 0 bridgehead atoms. The van der Waals surface area contributed by atoms with Gasteiger partial charge in [-0.25, -0.2) is 0 Å². The minimum Gasteiger partial charge on any atom is -0.375 e. The molecule has 0 saturated heterocycles. The van der Waals surface area contributed by atoms with E-state index in [2.05, 4.69) is 18.8 Å². The molecule has 0 saturated carbocycles. The zero-order valence-corrected chi connectivity index (χ0v) is 4.22. The Morgan fingerprint density at radius 1 is 1.86 bits per heavy atom. The van der Waals surface area contributed by atoms with Gasteiger partial charge >= 0.3 is 0 Å². The van der Waals surface area contributed by atoms with Crippen molar-refractivity contribution in [2.45, 2.75) is 6.23 Å². The van der Waals surface area contributed by atoms with Crippen LogP contribution in [-0.2, 0) is 0 Å². The van der Waals surface area contributed by atoms with E-state index in [9.17, 15) is 0 Å². The van der Waals surface area contributed by atoms with Gasteiger partial charge in [0.15, 0.2) is 0 Å². The summed E-state index contributed by atoms with van der Waals surface area (Å²) < 4.78 is 0. The van der Waals surface area contributed by atoms with Crippen molar-refractivity contribution in [3.05, 3.63) is 19.6 Å². The molecule has 2 N–H and O–H groups in total. The van der Waals surface area contributed by atoms with Crippen LogP contribution in [0.2, 0.25) is 0 Å². The van der Waals surface area contributed by atoms with Crippen LogP contribution in [0.25, 0.3) is 0 Å². The Hall–Kier alpha value is -0.340. The van der Waals surface area contributed by atoms with E-state index in [0.29, 0.717) is 6.54 Å². The zero-order valence-electron chi connectivity index (χ0n) is 4.22. The summed E-state index contributed by atoms with van der Waals surface area (Å²) >= 11 is 0. The summed E-state index contributed by atoms with van der Waals surface area (Å²) in [6.45, 7) is 7.31. The van der Waals surface area contributed by atoms with E-state index < -0.39 is 6.23 Å². The minimum atomic E-state index is -0.600. The summed E-state index contributed by atoms with van der Waals surface area (Å²) in [7, 11) is 0. The third-order valence-corrected chi connectivity index (χ3v) is 0.577. The summed E-state index contributed by atoms with van der Waals surface area (Å²) in [5.41, 5.74) is 0. The van der Waals surface area contributed by atoms with E-state index in [-0.39, 0.29) is 0 Å². The van der Waals surface area contributed by atoms with Crippen LogP contribution in [0.5, 0.6) is 0 Å². The van der Waals surface area contributed by atoms with Crippen molar-refractivity contribution in [1.29, 1.82) is 0 Å². The third-order valence-electron chi connectivity index (χ3n) is 0.577. The van der Waals surface area contributed by atoms with E-state index in [0.717, 1.165) is 0 Å². The SMILES string of the molecule is [CH2]CNC(O)C=C. The van der Waals surface area contributed by atoms with Gasteiger partial charge in [0.1, 0.15) is 6.23 Å². The molecule has 0 amide bonds. The van der Waals surface area contributed by atoms with Crippen molar-refractivity contribution in [2.24, 2.45) is 0 Å². The summed E-state index contributed by atoms with van der Waals surface area (Å²) in [4.78, 5) is 0. The lowest BCUT2D eigenvalue weighted by atomic mass is 10.5. The van der Waals surface area contributed by atoms with Crippen LogP contribution in [-0.4, -0.2) is 17.9 Å². The minimum absolute atomic E-state index is 0.521. The van der Waals surface area contributed by atoms with Gasteiger partial charge in [-0.15, -0.1) is 0 Å². The first-order valence-corrected chi connectivity index (χ1v) is 2.14. The number of hydrogen-bond donors (Lipinski definition) is 2. The Balaban J connectivity index is 2.98. The Kier molecular flexibility index (Phi) is 3.65. The quantitative estimate of drug-likeness (QED) is 0.384. The topological polar surface area (TPSA) is 32.3 Å². The van der Waals surface area contributed by atoms with Gasteiger partial charge in [-0.2, -0.15) is 0 Å². The predicted octanol–water partition coefficient (Wildman–Crippen LogP) is -0.0855. The lowest BCUT2D eigenvalue weighted by Gasteiger charge is -2.01. The highest BCUT2D eigenvalue weighted by molar-refractivity contribution is 4.75. The predicted molar refractivity (Wildman–Crippen MR) is 29.6 cm³/mol. The first-order valence-electron chi connectivity index (χ1n) is 2.14. The molecule has 41 valence electrons. The fourth-order valence-electron chi connectivity index (χ4n) is 0.231. The average Bonchev–Trinajstić information content (AvgIpc) is 1.68. The van der Waals surface area contributed by atoms with Crippen molar-refractivity contribution < 1.29 is 5.11 Å². The van der Waals surface area contributed by atoms with Crippen LogP contribution < -0.4 is 5.32 Å². The van der Waals surface area contributed by atoms with Gasteiger partial charge in [0.2, 0.25) is 0 Å². The molecule has 7 heavy (non-hydrogen) atoms. The first kappa shape index (κ1) is 6.66. The Morgan fingerprint density at radius 3 is 2.57 bits per heavy atom. The number of rotatable bonds is 3. The van der Waals surface area contributed by atoms with Gasteiger partial charge in [-0.3, -0.25) is 5.32 Å². The Labute approximate surface area is 43.9 Å². The molecule has 2 heteroatoms. The van der Waals surface area contributed by atoms with Crippen LogP contribution in [0, 0.1) is 6.92 Å². The maximum atomic E-state index is 8.59. The van der Waals surface area contributed by atoms with Crippen LogP contribution in [0.3, 0.4) is 0 Å². The second-order valence-electron chi connectivity index (χ2n) is 1.13. The molecule has 0 fully saturated rings. The summed E-state index contributed by atoms with van der Waals surface area (Å²) in [5, 5.41) is 11.2. The monoisotopic (exact) mass is 100 g/mol. The lowest BCUT2D eigenvalue weighted by molar-refractivity contribution is 0.190. The number of aliphatic hydroxyl groups is 1. The van der Waals surface area contributed by atoms with Crippen LogP contribution >= 0.6 is 0 Å². The standard InChI is InChI=1S/C5H10NO/c1-3-5(7)6-4-2/h3,5-7H,1-2,4H2. The van der Waals surface area contributed by atoms with Crippen molar-refractivity contribution in [3.8, 4) is 0 Å². The van der Waals surface area contributed by atoms with Crippen LogP contribution in [0.4, 0.5) is 0 Å². The third kappa shape index (κ3) is 3.49. The Bertz CT molecular complexity index is 54.0. The smallest absolute Gasteiger partial charge is 0.123 e. The van der Waals surface area contributed by atoms with Gasteiger partial charge in [-0.05, 0) is 19.5 Å². The molecule has 0 heterocycles. The highest BCUT2D eigenvalue weighted by Gasteiger charge is 1.87. The molecule has 0 aliphatic heterocycles. The number of hydrogen-bond acceptors (Lipinski definition) is 2. The van der Waals surface area contributed by atoms with Crippen molar-refractivity contribution in [1.82, 2.24) is 5.32 Å². The molecule has 0 aromatic heterocycles. The van der Waals surface area contributed by atoms with Gasteiger partial charge in [0.25, 0.3) is 0 Å². The zero-order chi connectivity index (χ0) is 5.70. The fourth-order valence-corrected chi connectivity index (χ4v) is 0.231. The van der Waals surface area contributed by atoms with Crippen molar-refractivity contribution >= 4 is 0 Å². The lowest BCUT2D eigenvalue weighted by Crippen LogP contribution is -2.25. The molecule has 0 aliphatic carbocycles. The van der Waals surface area contributed by atoms with E-state index in [1.54, 1.807) is 0 Å². The molecule has 1 unspecified atom stereocenters. The average molecular weight is 100 g/mol. The van der Waals surface area contributed by atoms with E-state index in [1.165, 1.54) is 6.08 Å². The first-order chi connectivity index (χ1) is 3.31. The van der Waals surface area contributed by atoms with E-state index >= 15 is 0 Å². The molecule has 0 spiro atoms. The molecule has 0 aromatic rings. The number of nitrogens with one attached hydrogen (secondary N) is 1. The summed E-state index contributed by atoms with van der Waals surface area (Å²) in [5.74, 6) is 0. The largest absolute Gasteiger partial charge is 0.375 e. The maximum absolute atomic E-state index is 8.59. The van der Waals surface area contributed by atoms with E-state index in [1.807, 2.05) is 0 Å².